The summed E-state index contributed by atoms with van der Waals surface area (Å²) in [5.74, 6) is 0. The van der Waals surface area contributed by atoms with Gasteiger partial charge in [-0.3, -0.25) is 4.90 Å². The fourth-order valence-electron chi connectivity index (χ4n) is 2.85. The second-order valence-electron chi connectivity index (χ2n) is 6.16. The third-order valence-electron chi connectivity index (χ3n) is 4.62. The normalized spacial score (nSPS) is 29.6. The van der Waals surface area contributed by atoms with Crippen LogP contribution in [0.25, 0.3) is 0 Å². The molecule has 0 aromatic heterocycles. The Labute approximate surface area is 102 Å². The first kappa shape index (κ1) is 14.0. The summed E-state index contributed by atoms with van der Waals surface area (Å²) in [5, 5.41) is 3.40. The van der Waals surface area contributed by atoms with Crippen molar-refractivity contribution in [1.82, 2.24) is 10.2 Å². The summed E-state index contributed by atoms with van der Waals surface area (Å²) in [5.41, 5.74) is 0.348. The predicted octanol–water partition coefficient (Wildman–Crippen LogP) is 2.88. The highest BCUT2D eigenvalue weighted by molar-refractivity contribution is 4.91. The van der Waals surface area contributed by atoms with Crippen molar-refractivity contribution in [2.24, 2.45) is 5.41 Å². The third kappa shape index (κ3) is 2.98. The van der Waals surface area contributed by atoms with Gasteiger partial charge in [-0.15, -0.1) is 0 Å². The minimum absolute atomic E-state index is 0.348. The SMILES string of the molecule is CCC1CCC(C)N1CC(C)(C)C(C)NC. The van der Waals surface area contributed by atoms with E-state index >= 15 is 0 Å². The smallest absolute Gasteiger partial charge is 0.00991 e. The molecular weight excluding hydrogens is 196 g/mol. The van der Waals surface area contributed by atoms with Crippen molar-refractivity contribution in [2.75, 3.05) is 13.6 Å². The Balaban J connectivity index is 2.64. The zero-order valence-corrected chi connectivity index (χ0v) is 12.0. The lowest BCUT2D eigenvalue weighted by atomic mass is 9.84. The molecule has 0 aromatic rings. The first-order valence-electron chi connectivity index (χ1n) is 6.85. The van der Waals surface area contributed by atoms with E-state index in [1.165, 1.54) is 25.8 Å². The van der Waals surface area contributed by atoms with Gasteiger partial charge in [0.1, 0.15) is 0 Å². The molecule has 1 saturated heterocycles. The first-order valence-corrected chi connectivity index (χ1v) is 6.85. The molecule has 0 aromatic carbocycles. The lowest BCUT2D eigenvalue weighted by Gasteiger charge is -2.39. The van der Waals surface area contributed by atoms with Crippen LogP contribution in [0.15, 0.2) is 0 Å². The minimum Gasteiger partial charge on any atom is -0.317 e. The summed E-state index contributed by atoms with van der Waals surface area (Å²) in [6.45, 7) is 13.0. The highest BCUT2D eigenvalue weighted by Gasteiger charge is 2.35. The Morgan fingerprint density at radius 1 is 1.38 bits per heavy atom. The molecule has 96 valence electrons. The van der Waals surface area contributed by atoms with E-state index < -0.39 is 0 Å². The maximum atomic E-state index is 3.40. The van der Waals surface area contributed by atoms with Crippen LogP contribution >= 0.6 is 0 Å². The largest absolute Gasteiger partial charge is 0.317 e. The minimum atomic E-state index is 0.348. The lowest BCUT2D eigenvalue weighted by Crippen LogP contribution is -2.48. The van der Waals surface area contributed by atoms with Crippen LogP contribution in [0, 0.1) is 5.41 Å². The van der Waals surface area contributed by atoms with Gasteiger partial charge in [0.25, 0.3) is 0 Å². The van der Waals surface area contributed by atoms with Gasteiger partial charge in [-0.1, -0.05) is 20.8 Å². The van der Waals surface area contributed by atoms with E-state index in [0.29, 0.717) is 11.5 Å². The fraction of sp³-hybridized carbons (Fsp3) is 1.00. The third-order valence-corrected chi connectivity index (χ3v) is 4.62. The molecule has 0 saturated carbocycles. The molecule has 2 nitrogen and oxygen atoms in total. The molecule has 0 aliphatic carbocycles. The summed E-state index contributed by atoms with van der Waals surface area (Å²) in [6, 6.07) is 2.16. The maximum Gasteiger partial charge on any atom is 0.00991 e. The molecular formula is C14H30N2. The van der Waals surface area contributed by atoms with Crippen LogP contribution in [0.3, 0.4) is 0 Å². The molecule has 0 amide bonds. The number of nitrogens with zero attached hydrogens (tertiary/aromatic N) is 1. The molecule has 1 heterocycles. The van der Waals surface area contributed by atoms with Crippen LogP contribution in [0.5, 0.6) is 0 Å². The Kier molecular flexibility index (Phi) is 4.81. The van der Waals surface area contributed by atoms with Crippen molar-refractivity contribution >= 4 is 0 Å². The Bertz CT molecular complexity index is 213. The van der Waals surface area contributed by atoms with Crippen LogP contribution < -0.4 is 5.32 Å². The van der Waals surface area contributed by atoms with Crippen LogP contribution in [-0.2, 0) is 0 Å². The summed E-state index contributed by atoms with van der Waals surface area (Å²) < 4.78 is 0. The molecule has 2 heteroatoms. The second-order valence-corrected chi connectivity index (χ2v) is 6.16. The average molecular weight is 226 g/mol. The maximum absolute atomic E-state index is 3.40. The number of nitrogens with one attached hydrogen (secondary N) is 1. The Morgan fingerprint density at radius 3 is 2.50 bits per heavy atom. The van der Waals surface area contributed by atoms with Crippen LogP contribution in [0.4, 0.5) is 0 Å². The van der Waals surface area contributed by atoms with Crippen molar-refractivity contribution < 1.29 is 0 Å². The highest BCUT2D eigenvalue weighted by atomic mass is 15.2. The molecule has 16 heavy (non-hydrogen) atoms. The quantitative estimate of drug-likeness (QED) is 0.775. The van der Waals surface area contributed by atoms with Crippen LogP contribution in [0.2, 0.25) is 0 Å². The van der Waals surface area contributed by atoms with E-state index in [-0.39, 0.29) is 0 Å². The van der Waals surface area contributed by atoms with Gasteiger partial charge in [0, 0.05) is 24.7 Å². The number of hydrogen-bond donors (Lipinski definition) is 1. The molecule has 1 fully saturated rings. The number of likely N-dealkylation sites (tertiary alicyclic amines) is 1. The number of hydrogen-bond acceptors (Lipinski definition) is 2. The zero-order valence-electron chi connectivity index (χ0n) is 12.0. The van der Waals surface area contributed by atoms with Gasteiger partial charge < -0.3 is 5.32 Å². The van der Waals surface area contributed by atoms with Crippen LogP contribution in [-0.4, -0.2) is 36.6 Å². The van der Waals surface area contributed by atoms with Crippen molar-refractivity contribution in [3.05, 3.63) is 0 Å². The lowest BCUT2D eigenvalue weighted by molar-refractivity contribution is 0.106. The predicted molar refractivity (Wildman–Crippen MR) is 71.8 cm³/mol. The fourth-order valence-corrected chi connectivity index (χ4v) is 2.85. The van der Waals surface area contributed by atoms with Crippen molar-refractivity contribution in [3.63, 3.8) is 0 Å². The van der Waals surface area contributed by atoms with E-state index in [2.05, 4.69) is 51.9 Å². The van der Waals surface area contributed by atoms with E-state index in [1.54, 1.807) is 0 Å². The molecule has 1 aliphatic rings. The standard InChI is InChI=1S/C14H30N2/c1-7-13-9-8-11(2)16(13)10-14(4,5)12(3)15-6/h11-13,15H,7-10H2,1-6H3. The van der Waals surface area contributed by atoms with Gasteiger partial charge in [0.05, 0.1) is 0 Å². The molecule has 0 bridgehead atoms. The highest BCUT2D eigenvalue weighted by Crippen LogP contribution is 2.31. The topological polar surface area (TPSA) is 15.3 Å². The molecule has 3 unspecified atom stereocenters. The van der Waals surface area contributed by atoms with E-state index in [1.807, 2.05) is 0 Å². The molecule has 0 radical (unpaired) electrons. The Hall–Kier alpha value is -0.0800. The van der Waals surface area contributed by atoms with Crippen LogP contribution in [0.1, 0.15) is 53.9 Å². The van der Waals surface area contributed by atoms with Gasteiger partial charge in [-0.2, -0.15) is 0 Å². The summed E-state index contributed by atoms with van der Waals surface area (Å²) in [6.07, 6.45) is 4.07. The average Bonchev–Trinajstić information content (AvgIpc) is 2.58. The monoisotopic (exact) mass is 226 g/mol. The van der Waals surface area contributed by atoms with Crippen molar-refractivity contribution in [2.45, 2.75) is 72.0 Å². The molecule has 1 N–H and O–H groups in total. The van der Waals surface area contributed by atoms with Gasteiger partial charge >= 0.3 is 0 Å². The van der Waals surface area contributed by atoms with E-state index in [0.717, 1.165) is 12.1 Å². The zero-order chi connectivity index (χ0) is 12.3. The molecule has 0 spiro atoms. The van der Waals surface area contributed by atoms with Crippen molar-refractivity contribution in [1.29, 1.82) is 0 Å². The molecule has 1 rings (SSSR count). The van der Waals surface area contributed by atoms with Gasteiger partial charge in [-0.05, 0) is 45.6 Å². The summed E-state index contributed by atoms with van der Waals surface area (Å²) in [7, 11) is 2.07. The van der Waals surface area contributed by atoms with Gasteiger partial charge in [-0.25, -0.2) is 0 Å². The second kappa shape index (κ2) is 5.50. The van der Waals surface area contributed by atoms with Gasteiger partial charge in [0.15, 0.2) is 0 Å². The number of rotatable bonds is 5. The first-order chi connectivity index (χ1) is 7.42. The van der Waals surface area contributed by atoms with E-state index in [9.17, 15) is 0 Å². The molecule has 3 atom stereocenters. The van der Waals surface area contributed by atoms with E-state index in [4.69, 9.17) is 0 Å². The summed E-state index contributed by atoms with van der Waals surface area (Å²) >= 11 is 0. The molecule has 1 aliphatic heterocycles. The summed E-state index contributed by atoms with van der Waals surface area (Å²) in [4.78, 5) is 2.73. The van der Waals surface area contributed by atoms with Crippen molar-refractivity contribution in [3.8, 4) is 0 Å². The Morgan fingerprint density at radius 2 is 2.00 bits per heavy atom. The van der Waals surface area contributed by atoms with Gasteiger partial charge in [0.2, 0.25) is 0 Å².